The first-order chi connectivity index (χ1) is 6.88. The number of nitrogens with zero attached hydrogens (tertiary/aromatic N) is 1. The molecule has 0 aromatic carbocycles. The molecule has 15 heavy (non-hydrogen) atoms. The van der Waals surface area contributed by atoms with Crippen LogP contribution < -0.4 is 5.32 Å². The number of carbonyl (C=O) groups excluding carboxylic acids is 1. The smallest absolute Gasteiger partial charge is 0.317 e. The summed E-state index contributed by atoms with van der Waals surface area (Å²) in [5, 5.41) is 11.2. The van der Waals surface area contributed by atoms with Gasteiger partial charge in [0.15, 0.2) is 0 Å². The molecule has 0 heterocycles. The maximum absolute atomic E-state index is 11.6. The van der Waals surface area contributed by atoms with Crippen LogP contribution in [0.1, 0.15) is 33.6 Å². The third-order valence-corrected chi connectivity index (χ3v) is 2.42. The summed E-state index contributed by atoms with van der Waals surface area (Å²) in [7, 11) is 1.71. The fourth-order valence-corrected chi connectivity index (χ4v) is 1.10. The molecule has 2 unspecified atom stereocenters. The third kappa shape index (κ3) is 5.24. The molecule has 5 nitrogen and oxygen atoms in total. The predicted octanol–water partition coefficient (Wildman–Crippen LogP) is 1.29. The van der Waals surface area contributed by atoms with Crippen LogP contribution >= 0.6 is 0 Å². The molecule has 0 aromatic heterocycles. The number of urea groups is 1. The maximum Gasteiger partial charge on any atom is 0.317 e. The van der Waals surface area contributed by atoms with Crippen LogP contribution in [0.3, 0.4) is 0 Å². The quantitative estimate of drug-likeness (QED) is 0.727. The first-order valence-electron chi connectivity index (χ1n) is 5.13. The molecule has 88 valence electrons. The van der Waals surface area contributed by atoms with Crippen molar-refractivity contribution in [2.75, 3.05) is 7.05 Å². The molecule has 2 N–H and O–H groups in total. The van der Waals surface area contributed by atoms with Crippen molar-refractivity contribution in [3.8, 4) is 0 Å². The maximum atomic E-state index is 11.6. The van der Waals surface area contributed by atoms with Crippen LogP contribution in [0.2, 0.25) is 0 Å². The lowest BCUT2D eigenvalue weighted by molar-refractivity contribution is -0.137. The Bertz CT molecular complexity index is 231. The van der Waals surface area contributed by atoms with Gasteiger partial charge in [0.05, 0.1) is 6.42 Å². The molecule has 0 spiro atoms. The van der Waals surface area contributed by atoms with Gasteiger partial charge in [0, 0.05) is 19.1 Å². The van der Waals surface area contributed by atoms with Crippen LogP contribution in [0.25, 0.3) is 0 Å². The Balaban J connectivity index is 4.06. The zero-order valence-electron chi connectivity index (χ0n) is 9.78. The monoisotopic (exact) mass is 216 g/mol. The molecule has 2 atom stereocenters. The lowest BCUT2D eigenvalue weighted by Crippen LogP contribution is -2.45. The number of carboxylic acid groups (broad SMARTS) is 1. The Morgan fingerprint density at radius 2 is 1.93 bits per heavy atom. The minimum absolute atomic E-state index is 0.0555. The molecule has 0 rings (SSSR count). The van der Waals surface area contributed by atoms with Crippen molar-refractivity contribution in [3.63, 3.8) is 0 Å². The molecule has 2 amide bonds. The molecule has 0 radical (unpaired) electrons. The number of amides is 2. The summed E-state index contributed by atoms with van der Waals surface area (Å²) in [6.45, 7) is 5.62. The van der Waals surface area contributed by atoms with Gasteiger partial charge in [-0.25, -0.2) is 4.79 Å². The summed E-state index contributed by atoms with van der Waals surface area (Å²) >= 11 is 0. The van der Waals surface area contributed by atoms with Crippen molar-refractivity contribution >= 4 is 12.0 Å². The number of nitrogens with one attached hydrogen (secondary N) is 1. The highest BCUT2D eigenvalue weighted by Gasteiger charge is 2.17. The van der Waals surface area contributed by atoms with E-state index in [1.165, 1.54) is 0 Å². The molecule has 0 aromatic rings. The Morgan fingerprint density at radius 1 is 1.40 bits per heavy atom. The number of aliphatic carboxylic acids is 1. The molecule has 0 aliphatic carbocycles. The highest BCUT2D eigenvalue weighted by molar-refractivity contribution is 5.75. The van der Waals surface area contributed by atoms with E-state index in [9.17, 15) is 9.59 Å². The van der Waals surface area contributed by atoms with Crippen LogP contribution in [-0.4, -0.2) is 41.1 Å². The molecule has 0 saturated heterocycles. The van der Waals surface area contributed by atoms with E-state index in [2.05, 4.69) is 5.32 Å². The second kappa shape index (κ2) is 6.27. The van der Waals surface area contributed by atoms with E-state index in [0.29, 0.717) is 0 Å². The van der Waals surface area contributed by atoms with Crippen molar-refractivity contribution < 1.29 is 14.7 Å². The number of hydrogen-bond acceptors (Lipinski definition) is 2. The summed E-state index contributed by atoms with van der Waals surface area (Å²) in [6.07, 6.45) is 0.817. The zero-order chi connectivity index (χ0) is 12.0. The Kier molecular flexibility index (Phi) is 5.74. The number of hydrogen-bond donors (Lipinski definition) is 2. The lowest BCUT2D eigenvalue weighted by Gasteiger charge is -2.25. The number of rotatable bonds is 5. The molecule has 5 heteroatoms. The van der Waals surface area contributed by atoms with E-state index >= 15 is 0 Å². The van der Waals surface area contributed by atoms with Crippen LogP contribution in [-0.2, 0) is 4.79 Å². The van der Waals surface area contributed by atoms with Crippen LogP contribution in [0.4, 0.5) is 4.79 Å². The van der Waals surface area contributed by atoms with Crippen LogP contribution in [0.5, 0.6) is 0 Å². The SMILES string of the molecule is CCC(C)N(C)C(=O)NC(C)CC(=O)O. The second-order valence-electron chi connectivity index (χ2n) is 3.82. The number of carbonyl (C=O) groups is 2. The van der Waals surface area contributed by atoms with Gasteiger partial charge in [0.2, 0.25) is 0 Å². The van der Waals surface area contributed by atoms with Gasteiger partial charge in [0.1, 0.15) is 0 Å². The van der Waals surface area contributed by atoms with Crippen molar-refractivity contribution in [2.24, 2.45) is 0 Å². The predicted molar refractivity (Wildman–Crippen MR) is 57.8 cm³/mol. The molecular formula is C10H20N2O3. The summed E-state index contributed by atoms with van der Waals surface area (Å²) in [5.74, 6) is -0.908. The van der Waals surface area contributed by atoms with Gasteiger partial charge in [-0.05, 0) is 20.3 Å². The second-order valence-corrected chi connectivity index (χ2v) is 3.82. The van der Waals surface area contributed by atoms with Crippen molar-refractivity contribution in [1.82, 2.24) is 10.2 Å². The van der Waals surface area contributed by atoms with E-state index < -0.39 is 5.97 Å². The molecule has 0 aliphatic heterocycles. The van der Waals surface area contributed by atoms with Gasteiger partial charge in [-0.1, -0.05) is 6.92 Å². The molecule has 0 bridgehead atoms. The normalized spacial score (nSPS) is 14.1. The van der Waals surface area contributed by atoms with Crippen molar-refractivity contribution in [1.29, 1.82) is 0 Å². The largest absolute Gasteiger partial charge is 0.481 e. The summed E-state index contributed by atoms with van der Waals surface area (Å²) in [5.41, 5.74) is 0. The minimum atomic E-state index is -0.908. The van der Waals surface area contributed by atoms with Gasteiger partial charge in [-0.3, -0.25) is 4.79 Å². The fraction of sp³-hybridized carbons (Fsp3) is 0.800. The molecule has 0 fully saturated rings. The number of carboxylic acids is 1. The first kappa shape index (κ1) is 13.7. The van der Waals surface area contributed by atoms with Gasteiger partial charge < -0.3 is 15.3 Å². The third-order valence-electron chi connectivity index (χ3n) is 2.42. The first-order valence-corrected chi connectivity index (χ1v) is 5.13. The van der Waals surface area contributed by atoms with Crippen LogP contribution in [0, 0.1) is 0 Å². The Labute approximate surface area is 90.5 Å². The van der Waals surface area contributed by atoms with Crippen molar-refractivity contribution in [3.05, 3.63) is 0 Å². The topological polar surface area (TPSA) is 69.6 Å². The van der Waals surface area contributed by atoms with Gasteiger partial charge in [0.25, 0.3) is 0 Å². The molecule has 0 aliphatic rings. The Morgan fingerprint density at radius 3 is 2.33 bits per heavy atom. The van der Waals surface area contributed by atoms with Gasteiger partial charge >= 0.3 is 12.0 Å². The lowest BCUT2D eigenvalue weighted by atomic mass is 10.2. The van der Waals surface area contributed by atoms with E-state index in [0.717, 1.165) is 6.42 Å². The molecule has 0 saturated carbocycles. The van der Waals surface area contributed by atoms with Crippen molar-refractivity contribution in [2.45, 2.75) is 45.7 Å². The van der Waals surface area contributed by atoms with Crippen LogP contribution in [0.15, 0.2) is 0 Å². The Hall–Kier alpha value is -1.26. The van der Waals surface area contributed by atoms with E-state index in [4.69, 9.17) is 5.11 Å². The minimum Gasteiger partial charge on any atom is -0.481 e. The van der Waals surface area contributed by atoms with E-state index in [-0.39, 0.29) is 24.5 Å². The van der Waals surface area contributed by atoms with Gasteiger partial charge in [-0.2, -0.15) is 0 Å². The average Bonchev–Trinajstić information content (AvgIpc) is 2.13. The summed E-state index contributed by atoms with van der Waals surface area (Å²) in [4.78, 5) is 23.5. The highest BCUT2D eigenvalue weighted by Crippen LogP contribution is 2.01. The average molecular weight is 216 g/mol. The standard InChI is InChI=1S/C10H20N2O3/c1-5-8(3)12(4)10(15)11-7(2)6-9(13)14/h7-8H,5-6H2,1-4H3,(H,11,15)(H,13,14). The zero-order valence-corrected chi connectivity index (χ0v) is 9.78. The van der Waals surface area contributed by atoms with E-state index in [1.807, 2.05) is 13.8 Å². The summed E-state index contributed by atoms with van der Waals surface area (Å²) < 4.78 is 0. The van der Waals surface area contributed by atoms with E-state index in [1.54, 1.807) is 18.9 Å². The summed E-state index contributed by atoms with van der Waals surface area (Å²) in [6, 6.07) is -0.415. The highest BCUT2D eigenvalue weighted by atomic mass is 16.4. The fourth-order valence-electron chi connectivity index (χ4n) is 1.10. The molecular weight excluding hydrogens is 196 g/mol. The van der Waals surface area contributed by atoms with Gasteiger partial charge in [-0.15, -0.1) is 0 Å².